The van der Waals surface area contributed by atoms with E-state index in [1.54, 1.807) is 0 Å². The van der Waals surface area contributed by atoms with Crippen LogP contribution in [-0.4, -0.2) is 43.2 Å². The summed E-state index contributed by atoms with van der Waals surface area (Å²) >= 11 is 6.20. The van der Waals surface area contributed by atoms with Crippen molar-refractivity contribution in [2.24, 2.45) is 5.92 Å². The van der Waals surface area contributed by atoms with Gasteiger partial charge in [-0.15, -0.1) is 0 Å². The summed E-state index contributed by atoms with van der Waals surface area (Å²) in [7, 11) is 0. The molecule has 0 radical (unpaired) electrons. The van der Waals surface area contributed by atoms with Crippen molar-refractivity contribution in [3.8, 4) is 0 Å². The van der Waals surface area contributed by atoms with Crippen LogP contribution in [0.15, 0.2) is 24.3 Å². The summed E-state index contributed by atoms with van der Waals surface area (Å²) in [6.45, 7) is 3.53. The Balaban J connectivity index is 1.66. The number of halogens is 1. The maximum atomic E-state index is 12.1. The second kappa shape index (κ2) is 6.77. The lowest BCUT2D eigenvalue weighted by Gasteiger charge is -2.38. The molecule has 1 aromatic carbocycles. The van der Waals surface area contributed by atoms with E-state index in [4.69, 9.17) is 16.3 Å². The van der Waals surface area contributed by atoms with Gasteiger partial charge < -0.3 is 15.0 Å². The average Bonchev–Trinajstić information content (AvgIpc) is 2.52. The third-order valence-electron chi connectivity index (χ3n) is 4.40. The van der Waals surface area contributed by atoms with Gasteiger partial charge in [0.15, 0.2) is 0 Å². The quantitative estimate of drug-likeness (QED) is 0.929. The van der Waals surface area contributed by atoms with E-state index in [0.717, 1.165) is 36.5 Å². The molecule has 5 heteroatoms. The highest BCUT2D eigenvalue weighted by atomic mass is 35.5. The molecule has 2 heterocycles. The number of amides is 1. The first-order valence-corrected chi connectivity index (χ1v) is 7.95. The third kappa shape index (κ3) is 3.57. The molecule has 1 N–H and O–H groups in total. The van der Waals surface area contributed by atoms with E-state index in [2.05, 4.69) is 5.32 Å². The number of rotatable bonds is 3. The number of nitrogens with zero attached hydrogens (tertiary/aromatic N) is 1. The fraction of sp³-hybridized carbons (Fsp3) is 0.562. The van der Waals surface area contributed by atoms with Crippen LogP contribution < -0.4 is 5.32 Å². The van der Waals surface area contributed by atoms with Gasteiger partial charge in [0, 0.05) is 18.1 Å². The van der Waals surface area contributed by atoms with Gasteiger partial charge in [-0.2, -0.15) is 0 Å². The van der Waals surface area contributed by atoms with Gasteiger partial charge in [-0.1, -0.05) is 29.8 Å². The molecule has 114 valence electrons. The van der Waals surface area contributed by atoms with Crippen LogP contribution in [0.2, 0.25) is 5.02 Å². The molecule has 3 rings (SSSR count). The highest BCUT2D eigenvalue weighted by Crippen LogP contribution is 2.25. The fourth-order valence-corrected chi connectivity index (χ4v) is 3.32. The maximum absolute atomic E-state index is 12.1. The van der Waals surface area contributed by atoms with Crippen molar-refractivity contribution < 1.29 is 9.53 Å². The van der Waals surface area contributed by atoms with Gasteiger partial charge in [-0.3, -0.25) is 4.79 Å². The largest absolute Gasteiger partial charge is 0.366 e. The molecule has 0 bridgehead atoms. The second-order valence-electron chi connectivity index (χ2n) is 5.80. The lowest BCUT2D eigenvalue weighted by Crippen LogP contribution is -2.50. The van der Waals surface area contributed by atoms with E-state index in [-0.39, 0.29) is 18.6 Å². The van der Waals surface area contributed by atoms with E-state index in [1.807, 2.05) is 29.2 Å². The van der Waals surface area contributed by atoms with E-state index >= 15 is 0 Å². The van der Waals surface area contributed by atoms with Crippen molar-refractivity contribution in [1.29, 1.82) is 0 Å². The third-order valence-corrected chi connectivity index (χ3v) is 4.77. The van der Waals surface area contributed by atoms with Crippen LogP contribution >= 0.6 is 11.6 Å². The molecule has 1 unspecified atom stereocenters. The van der Waals surface area contributed by atoms with E-state index in [9.17, 15) is 4.79 Å². The van der Waals surface area contributed by atoms with Crippen LogP contribution in [0.25, 0.3) is 0 Å². The summed E-state index contributed by atoms with van der Waals surface area (Å²) in [6.07, 6.45) is 2.41. The number of benzene rings is 1. The SMILES string of the molecule is O=C1COC(C2CCNCC2)CN1Cc1ccccc1Cl. The summed E-state index contributed by atoms with van der Waals surface area (Å²) in [4.78, 5) is 14.0. The standard InChI is InChI=1S/C16H21ClN2O2/c17-14-4-2-1-3-13(14)9-19-10-15(21-11-16(19)20)12-5-7-18-8-6-12/h1-4,12,15,18H,5-11H2. The highest BCUT2D eigenvalue weighted by Gasteiger charge is 2.32. The predicted octanol–water partition coefficient (Wildman–Crippen LogP) is 2.07. The van der Waals surface area contributed by atoms with Crippen LogP contribution in [0.3, 0.4) is 0 Å². The molecular weight excluding hydrogens is 288 g/mol. The van der Waals surface area contributed by atoms with Gasteiger partial charge in [0.2, 0.25) is 5.91 Å². The lowest BCUT2D eigenvalue weighted by molar-refractivity contribution is -0.153. The minimum Gasteiger partial charge on any atom is -0.366 e. The molecule has 1 atom stereocenters. The Labute approximate surface area is 130 Å². The Kier molecular flexibility index (Phi) is 4.78. The van der Waals surface area contributed by atoms with Gasteiger partial charge in [0.1, 0.15) is 6.61 Å². The molecule has 2 saturated heterocycles. The summed E-state index contributed by atoms with van der Waals surface area (Å²) in [6, 6.07) is 7.71. The number of carbonyl (C=O) groups is 1. The Hall–Kier alpha value is -1.10. The Morgan fingerprint density at radius 2 is 2.05 bits per heavy atom. The number of carbonyl (C=O) groups excluding carboxylic acids is 1. The molecule has 2 aliphatic heterocycles. The average molecular weight is 309 g/mol. The number of morpholine rings is 1. The molecule has 1 aromatic rings. The number of ether oxygens (including phenoxy) is 1. The van der Waals surface area contributed by atoms with Gasteiger partial charge in [-0.25, -0.2) is 0 Å². The predicted molar refractivity (Wildman–Crippen MR) is 82.2 cm³/mol. The van der Waals surface area contributed by atoms with Gasteiger partial charge in [0.25, 0.3) is 0 Å². The normalized spacial score (nSPS) is 24.3. The Morgan fingerprint density at radius 1 is 1.29 bits per heavy atom. The van der Waals surface area contributed by atoms with E-state index in [1.165, 1.54) is 0 Å². The maximum Gasteiger partial charge on any atom is 0.248 e. The number of piperidine rings is 1. The smallest absolute Gasteiger partial charge is 0.248 e. The van der Waals surface area contributed by atoms with Gasteiger partial charge in [0.05, 0.1) is 6.10 Å². The zero-order chi connectivity index (χ0) is 14.7. The van der Waals surface area contributed by atoms with Crippen molar-refractivity contribution >= 4 is 17.5 Å². The number of hydrogen-bond acceptors (Lipinski definition) is 3. The monoisotopic (exact) mass is 308 g/mol. The van der Waals surface area contributed by atoms with Crippen molar-refractivity contribution in [3.63, 3.8) is 0 Å². The Morgan fingerprint density at radius 3 is 2.81 bits per heavy atom. The highest BCUT2D eigenvalue weighted by molar-refractivity contribution is 6.31. The topological polar surface area (TPSA) is 41.6 Å². The van der Waals surface area contributed by atoms with Crippen LogP contribution in [0.4, 0.5) is 0 Å². The van der Waals surface area contributed by atoms with Gasteiger partial charge in [-0.05, 0) is 43.5 Å². The Bertz CT molecular complexity index is 503. The molecule has 0 aliphatic carbocycles. The minimum absolute atomic E-state index is 0.0557. The molecule has 0 saturated carbocycles. The zero-order valence-corrected chi connectivity index (χ0v) is 12.8. The number of hydrogen-bond donors (Lipinski definition) is 1. The first kappa shape index (κ1) is 14.8. The molecule has 4 nitrogen and oxygen atoms in total. The zero-order valence-electron chi connectivity index (χ0n) is 12.1. The number of nitrogens with one attached hydrogen (secondary N) is 1. The molecular formula is C16H21ClN2O2. The molecule has 21 heavy (non-hydrogen) atoms. The molecule has 2 fully saturated rings. The lowest BCUT2D eigenvalue weighted by atomic mass is 9.91. The molecule has 1 amide bonds. The van der Waals surface area contributed by atoms with Crippen LogP contribution in [0.1, 0.15) is 18.4 Å². The molecule has 0 spiro atoms. The van der Waals surface area contributed by atoms with Gasteiger partial charge >= 0.3 is 0 Å². The molecule has 0 aromatic heterocycles. The first-order chi connectivity index (χ1) is 10.2. The van der Waals surface area contributed by atoms with Crippen molar-refractivity contribution in [2.45, 2.75) is 25.5 Å². The minimum atomic E-state index is 0.0557. The summed E-state index contributed by atoms with van der Waals surface area (Å²) in [5.41, 5.74) is 0.999. The first-order valence-electron chi connectivity index (χ1n) is 7.57. The summed E-state index contributed by atoms with van der Waals surface area (Å²) < 4.78 is 5.78. The molecule has 2 aliphatic rings. The van der Waals surface area contributed by atoms with Crippen LogP contribution in [0.5, 0.6) is 0 Å². The van der Waals surface area contributed by atoms with Crippen molar-refractivity contribution in [1.82, 2.24) is 10.2 Å². The van der Waals surface area contributed by atoms with E-state index < -0.39 is 0 Å². The van der Waals surface area contributed by atoms with Crippen molar-refractivity contribution in [2.75, 3.05) is 26.2 Å². The second-order valence-corrected chi connectivity index (χ2v) is 6.21. The van der Waals surface area contributed by atoms with Crippen molar-refractivity contribution in [3.05, 3.63) is 34.9 Å². The fourth-order valence-electron chi connectivity index (χ4n) is 3.13. The van der Waals surface area contributed by atoms with Crippen LogP contribution in [0, 0.1) is 5.92 Å². The summed E-state index contributed by atoms with van der Waals surface area (Å²) in [5.74, 6) is 0.605. The van der Waals surface area contributed by atoms with E-state index in [0.29, 0.717) is 19.0 Å². The summed E-state index contributed by atoms with van der Waals surface area (Å²) in [5, 5.41) is 4.09. The van der Waals surface area contributed by atoms with Crippen LogP contribution in [-0.2, 0) is 16.1 Å².